The quantitative estimate of drug-likeness (QED) is 0.737. The Morgan fingerprint density at radius 2 is 1.93 bits per heavy atom. The zero-order valence-electron chi connectivity index (χ0n) is 16.0. The second-order valence-electron chi connectivity index (χ2n) is 6.85. The molecular weight excluding hydrogens is 352 g/mol. The van der Waals surface area contributed by atoms with Crippen molar-refractivity contribution in [3.8, 4) is 5.75 Å². The second-order valence-corrected chi connectivity index (χ2v) is 6.85. The van der Waals surface area contributed by atoms with Gasteiger partial charge in [0.2, 0.25) is 0 Å². The van der Waals surface area contributed by atoms with E-state index >= 15 is 0 Å². The molecule has 1 aromatic heterocycles. The van der Waals surface area contributed by atoms with E-state index in [2.05, 4.69) is 17.9 Å². The number of likely N-dealkylation sites (N-methyl/N-ethyl adjacent to an activating group) is 1. The van der Waals surface area contributed by atoms with Crippen molar-refractivity contribution in [2.75, 3.05) is 20.2 Å². The zero-order chi connectivity index (χ0) is 19.7. The minimum Gasteiger partial charge on any atom is -0.496 e. The molecule has 2 heterocycles. The maximum Gasteiger partial charge on any atom is 0.336 e. The van der Waals surface area contributed by atoms with Crippen molar-refractivity contribution >= 4 is 28.5 Å². The van der Waals surface area contributed by atoms with Crippen molar-refractivity contribution in [1.29, 1.82) is 0 Å². The lowest BCUT2D eigenvalue weighted by Crippen LogP contribution is -2.31. The number of carboxylic acids is 1. The van der Waals surface area contributed by atoms with Crippen LogP contribution in [0.4, 0.5) is 0 Å². The minimum absolute atomic E-state index is 0.352. The molecule has 4 rings (SSSR count). The Morgan fingerprint density at radius 3 is 2.68 bits per heavy atom. The fourth-order valence-corrected chi connectivity index (χ4v) is 3.82. The fourth-order valence-electron chi connectivity index (χ4n) is 3.82. The highest BCUT2D eigenvalue weighted by molar-refractivity contribution is 6.06. The predicted molar refractivity (Wildman–Crippen MR) is 111 cm³/mol. The molecule has 0 aliphatic carbocycles. The molecule has 0 radical (unpaired) electrons. The van der Waals surface area contributed by atoms with Gasteiger partial charge in [-0.25, -0.2) is 9.78 Å². The second kappa shape index (κ2) is 7.44. The van der Waals surface area contributed by atoms with E-state index in [9.17, 15) is 9.90 Å². The van der Waals surface area contributed by atoms with Gasteiger partial charge in [0.25, 0.3) is 0 Å². The van der Waals surface area contributed by atoms with Crippen molar-refractivity contribution in [3.63, 3.8) is 0 Å². The largest absolute Gasteiger partial charge is 0.496 e. The molecule has 1 aliphatic heterocycles. The average molecular weight is 374 g/mol. The first-order valence-corrected chi connectivity index (χ1v) is 9.33. The Labute approximate surface area is 163 Å². The Bertz CT molecular complexity index is 1090. The van der Waals surface area contributed by atoms with Crippen LogP contribution < -0.4 is 4.74 Å². The topological polar surface area (TPSA) is 62.7 Å². The molecule has 5 heteroatoms. The number of carbonyl (C=O) groups is 1. The molecule has 1 N–H and O–H groups in total. The number of pyridine rings is 1. The highest BCUT2D eigenvalue weighted by atomic mass is 16.5. The van der Waals surface area contributed by atoms with Gasteiger partial charge in [-0.3, -0.25) is 4.90 Å². The third kappa shape index (κ3) is 3.14. The maximum absolute atomic E-state index is 12.2. The number of aromatic carboxylic acids is 1. The Morgan fingerprint density at radius 1 is 1.18 bits per heavy atom. The number of rotatable bonds is 4. The fraction of sp³-hybridized carbons (Fsp3) is 0.217. The van der Waals surface area contributed by atoms with Crippen LogP contribution >= 0.6 is 0 Å². The molecule has 0 fully saturated rings. The molecule has 0 atom stereocenters. The average Bonchev–Trinajstić information content (AvgIpc) is 2.72. The number of hydrogen-bond donors (Lipinski definition) is 1. The monoisotopic (exact) mass is 374 g/mol. The molecule has 5 nitrogen and oxygen atoms in total. The molecule has 0 bridgehead atoms. The first-order chi connectivity index (χ1) is 13.6. The van der Waals surface area contributed by atoms with E-state index in [1.54, 1.807) is 7.11 Å². The third-order valence-electron chi connectivity index (χ3n) is 5.20. The standard InChI is InChI=1S/C23H22N2O3/c1-3-25-13-16(12-15-8-4-7-11-20(15)28-2)22-18(14-25)21(23(26)27)17-9-5-6-10-19(17)24-22/h4-12H,3,13-14H2,1-2H3,(H,26,27). The van der Waals surface area contributed by atoms with Gasteiger partial charge in [-0.2, -0.15) is 0 Å². The minimum atomic E-state index is -0.913. The lowest BCUT2D eigenvalue weighted by atomic mass is 9.92. The van der Waals surface area contributed by atoms with E-state index in [0.29, 0.717) is 29.6 Å². The van der Waals surface area contributed by atoms with Crippen molar-refractivity contribution in [1.82, 2.24) is 9.88 Å². The summed E-state index contributed by atoms with van der Waals surface area (Å²) in [5, 5.41) is 10.7. The van der Waals surface area contributed by atoms with Crippen LogP contribution in [0.15, 0.2) is 48.5 Å². The van der Waals surface area contributed by atoms with Crippen LogP contribution in [0.1, 0.15) is 34.1 Å². The van der Waals surface area contributed by atoms with Crippen molar-refractivity contribution in [2.24, 2.45) is 0 Å². The van der Waals surface area contributed by atoms with Crippen molar-refractivity contribution < 1.29 is 14.6 Å². The van der Waals surface area contributed by atoms with E-state index in [1.165, 1.54) is 0 Å². The van der Waals surface area contributed by atoms with E-state index in [1.807, 2.05) is 48.5 Å². The van der Waals surface area contributed by atoms with Crippen molar-refractivity contribution in [2.45, 2.75) is 13.5 Å². The van der Waals surface area contributed by atoms with Gasteiger partial charge in [0, 0.05) is 29.6 Å². The first-order valence-electron chi connectivity index (χ1n) is 9.33. The Hall–Kier alpha value is -3.18. The molecule has 0 spiro atoms. The van der Waals surface area contributed by atoms with Gasteiger partial charge >= 0.3 is 5.97 Å². The predicted octanol–water partition coefficient (Wildman–Crippen LogP) is 4.32. The van der Waals surface area contributed by atoms with Gasteiger partial charge in [0.1, 0.15) is 5.75 Å². The Balaban J connectivity index is 1.99. The summed E-state index contributed by atoms with van der Waals surface area (Å²) in [5.41, 5.74) is 4.56. The van der Waals surface area contributed by atoms with E-state index in [4.69, 9.17) is 9.72 Å². The summed E-state index contributed by atoms with van der Waals surface area (Å²) in [6, 6.07) is 15.3. The van der Waals surface area contributed by atoms with Gasteiger partial charge in [-0.05, 0) is 30.3 Å². The van der Waals surface area contributed by atoms with Crippen LogP contribution in [0, 0.1) is 0 Å². The summed E-state index contributed by atoms with van der Waals surface area (Å²) < 4.78 is 5.49. The molecule has 1 aliphatic rings. The van der Waals surface area contributed by atoms with E-state index in [-0.39, 0.29) is 0 Å². The third-order valence-corrected chi connectivity index (χ3v) is 5.20. The number of benzene rings is 2. The van der Waals surface area contributed by atoms with Gasteiger partial charge in [0.05, 0.1) is 23.9 Å². The highest BCUT2D eigenvalue weighted by Gasteiger charge is 2.28. The SMILES string of the molecule is CCN1CC(=Cc2ccccc2OC)c2nc3ccccc3c(C(=O)O)c2C1. The van der Waals surface area contributed by atoms with Crippen LogP contribution in [0.5, 0.6) is 5.75 Å². The van der Waals surface area contributed by atoms with Crippen LogP contribution in [-0.2, 0) is 6.54 Å². The van der Waals surface area contributed by atoms with Gasteiger partial charge < -0.3 is 9.84 Å². The number of methoxy groups -OCH3 is 1. The summed E-state index contributed by atoms with van der Waals surface area (Å²) in [6.45, 7) is 4.20. The van der Waals surface area contributed by atoms with Gasteiger partial charge in [-0.1, -0.05) is 43.3 Å². The van der Waals surface area contributed by atoms with Crippen LogP contribution in [0.25, 0.3) is 22.6 Å². The van der Waals surface area contributed by atoms with Crippen LogP contribution in [0.3, 0.4) is 0 Å². The Kier molecular flexibility index (Phi) is 4.84. The molecular formula is C23H22N2O3. The smallest absolute Gasteiger partial charge is 0.336 e. The molecule has 28 heavy (non-hydrogen) atoms. The van der Waals surface area contributed by atoms with Gasteiger partial charge in [-0.15, -0.1) is 0 Å². The lowest BCUT2D eigenvalue weighted by Gasteiger charge is -2.30. The van der Waals surface area contributed by atoms with Gasteiger partial charge in [0.15, 0.2) is 0 Å². The molecule has 2 aromatic carbocycles. The number of aromatic nitrogens is 1. The molecule has 0 amide bonds. The lowest BCUT2D eigenvalue weighted by molar-refractivity contribution is 0.0696. The molecule has 3 aromatic rings. The molecule has 0 saturated heterocycles. The summed E-state index contributed by atoms with van der Waals surface area (Å²) >= 11 is 0. The zero-order valence-corrected chi connectivity index (χ0v) is 16.0. The van der Waals surface area contributed by atoms with Crippen LogP contribution in [-0.4, -0.2) is 41.2 Å². The molecule has 142 valence electrons. The molecule has 0 saturated carbocycles. The van der Waals surface area contributed by atoms with Crippen molar-refractivity contribution in [3.05, 3.63) is 70.9 Å². The summed E-state index contributed by atoms with van der Waals surface area (Å²) in [4.78, 5) is 19.3. The molecule has 0 unspecified atom stereocenters. The normalized spacial score (nSPS) is 15.6. The van der Waals surface area contributed by atoms with E-state index < -0.39 is 5.97 Å². The maximum atomic E-state index is 12.2. The first kappa shape index (κ1) is 18.2. The van der Waals surface area contributed by atoms with E-state index in [0.717, 1.165) is 34.7 Å². The number of nitrogens with zero attached hydrogens (tertiary/aromatic N) is 2. The number of fused-ring (bicyclic) bond motifs is 2. The summed E-state index contributed by atoms with van der Waals surface area (Å²) in [7, 11) is 1.65. The summed E-state index contributed by atoms with van der Waals surface area (Å²) in [6.07, 6.45) is 2.06. The number of para-hydroxylation sites is 2. The number of hydrogen-bond acceptors (Lipinski definition) is 4. The number of carboxylic acid groups (broad SMARTS) is 1. The summed E-state index contributed by atoms with van der Waals surface area (Å²) in [5.74, 6) is -0.131. The van der Waals surface area contributed by atoms with Crippen LogP contribution in [0.2, 0.25) is 0 Å². The highest BCUT2D eigenvalue weighted by Crippen LogP contribution is 2.35. The number of ether oxygens (including phenoxy) is 1.